The summed E-state index contributed by atoms with van der Waals surface area (Å²) >= 11 is 0. The van der Waals surface area contributed by atoms with Crippen molar-refractivity contribution in [1.29, 1.82) is 0 Å². The summed E-state index contributed by atoms with van der Waals surface area (Å²) in [5.41, 5.74) is 2.30. The van der Waals surface area contributed by atoms with Gasteiger partial charge in [0.2, 0.25) is 0 Å². The van der Waals surface area contributed by atoms with Gasteiger partial charge in [0.05, 0.1) is 12.6 Å². The molecule has 0 spiro atoms. The van der Waals surface area contributed by atoms with Gasteiger partial charge in [0.15, 0.2) is 5.82 Å². The molecule has 1 aromatic heterocycles. The zero-order valence-corrected chi connectivity index (χ0v) is 14.4. The summed E-state index contributed by atoms with van der Waals surface area (Å²) < 4.78 is 2.15. The quantitative estimate of drug-likeness (QED) is 0.907. The highest BCUT2D eigenvalue weighted by atomic mass is 16.2. The highest BCUT2D eigenvalue weighted by Crippen LogP contribution is 2.17. The molecule has 0 aliphatic carbocycles. The lowest BCUT2D eigenvalue weighted by atomic mass is 10.0. The van der Waals surface area contributed by atoms with Crippen LogP contribution >= 0.6 is 0 Å². The number of carbonyl (C=O) groups excluding carboxylic acids is 1. The van der Waals surface area contributed by atoms with Gasteiger partial charge >= 0.3 is 6.03 Å². The fourth-order valence-corrected chi connectivity index (χ4v) is 3.23. The van der Waals surface area contributed by atoms with Crippen LogP contribution in [-0.2, 0) is 19.5 Å². The molecule has 1 atom stereocenters. The second kappa shape index (κ2) is 7.47. The third kappa shape index (κ3) is 3.75. The third-order valence-corrected chi connectivity index (χ3v) is 4.60. The van der Waals surface area contributed by atoms with Crippen molar-refractivity contribution in [3.63, 3.8) is 0 Å². The van der Waals surface area contributed by atoms with Gasteiger partial charge < -0.3 is 15.2 Å². The van der Waals surface area contributed by atoms with E-state index in [1.807, 2.05) is 25.1 Å². The van der Waals surface area contributed by atoms with Gasteiger partial charge in [-0.25, -0.2) is 4.79 Å². The SMILES string of the molecule is Cc1ccccc1C(C)NC(=O)NCc1nnc2n1CCCCC2. The summed E-state index contributed by atoms with van der Waals surface area (Å²) in [6.45, 7) is 5.39. The molecule has 1 aliphatic rings. The van der Waals surface area contributed by atoms with Crippen molar-refractivity contribution in [3.8, 4) is 0 Å². The summed E-state index contributed by atoms with van der Waals surface area (Å²) in [5, 5.41) is 14.4. The van der Waals surface area contributed by atoms with E-state index in [4.69, 9.17) is 0 Å². The second-order valence-electron chi connectivity index (χ2n) is 6.40. The largest absolute Gasteiger partial charge is 0.332 e. The van der Waals surface area contributed by atoms with E-state index in [9.17, 15) is 4.79 Å². The molecule has 24 heavy (non-hydrogen) atoms. The van der Waals surface area contributed by atoms with Crippen LogP contribution in [0.2, 0.25) is 0 Å². The molecule has 3 rings (SSSR count). The first-order chi connectivity index (χ1) is 11.6. The molecule has 6 heteroatoms. The number of amides is 2. The Hall–Kier alpha value is -2.37. The molecule has 0 saturated carbocycles. The number of carbonyl (C=O) groups is 1. The lowest BCUT2D eigenvalue weighted by molar-refractivity contribution is 0.237. The number of fused-ring (bicyclic) bond motifs is 1. The Morgan fingerprint density at radius 2 is 2.08 bits per heavy atom. The molecule has 2 heterocycles. The van der Waals surface area contributed by atoms with Crippen LogP contribution in [-0.4, -0.2) is 20.8 Å². The molecular formula is C18H25N5O. The summed E-state index contributed by atoms with van der Waals surface area (Å²) in [7, 11) is 0. The summed E-state index contributed by atoms with van der Waals surface area (Å²) in [5.74, 6) is 1.88. The first-order valence-electron chi connectivity index (χ1n) is 8.66. The maximum atomic E-state index is 12.2. The average Bonchev–Trinajstić information content (AvgIpc) is 2.80. The number of hydrogen-bond donors (Lipinski definition) is 2. The fraction of sp³-hybridized carbons (Fsp3) is 0.500. The molecule has 0 saturated heterocycles. The minimum absolute atomic E-state index is 0.0401. The smallest absolute Gasteiger partial charge is 0.315 e. The Kier molecular flexibility index (Phi) is 5.13. The number of aryl methyl sites for hydroxylation is 2. The van der Waals surface area contributed by atoms with Crippen LogP contribution in [0, 0.1) is 6.92 Å². The van der Waals surface area contributed by atoms with Crippen molar-refractivity contribution in [2.24, 2.45) is 0 Å². The van der Waals surface area contributed by atoms with Gasteiger partial charge in [-0.15, -0.1) is 10.2 Å². The van der Waals surface area contributed by atoms with E-state index in [1.165, 1.54) is 18.4 Å². The van der Waals surface area contributed by atoms with E-state index in [2.05, 4.69) is 38.4 Å². The third-order valence-electron chi connectivity index (χ3n) is 4.60. The van der Waals surface area contributed by atoms with E-state index in [1.54, 1.807) is 0 Å². The minimum Gasteiger partial charge on any atom is -0.332 e. The zero-order chi connectivity index (χ0) is 16.9. The minimum atomic E-state index is -0.184. The number of benzene rings is 1. The van der Waals surface area contributed by atoms with E-state index in [0.717, 1.165) is 36.6 Å². The van der Waals surface area contributed by atoms with Crippen molar-refractivity contribution in [1.82, 2.24) is 25.4 Å². The van der Waals surface area contributed by atoms with Crippen LogP contribution in [0.25, 0.3) is 0 Å². The van der Waals surface area contributed by atoms with Gasteiger partial charge in [0.25, 0.3) is 0 Å². The van der Waals surface area contributed by atoms with Gasteiger partial charge in [0.1, 0.15) is 5.82 Å². The number of nitrogens with zero attached hydrogens (tertiary/aromatic N) is 3. The Morgan fingerprint density at radius 1 is 1.25 bits per heavy atom. The Bertz CT molecular complexity index is 709. The van der Waals surface area contributed by atoms with Gasteiger partial charge in [-0.2, -0.15) is 0 Å². The van der Waals surface area contributed by atoms with Crippen molar-refractivity contribution < 1.29 is 4.79 Å². The normalized spacial score (nSPS) is 15.2. The number of urea groups is 1. The Morgan fingerprint density at radius 3 is 2.92 bits per heavy atom. The van der Waals surface area contributed by atoms with Gasteiger partial charge in [0, 0.05) is 13.0 Å². The molecule has 1 aromatic carbocycles. The number of hydrogen-bond acceptors (Lipinski definition) is 3. The van der Waals surface area contributed by atoms with Gasteiger partial charge in [-0.3, -0.25) is 0 Å². The highest BCUT2D eigenvalue weighted by Gasteiger charge is 2.16. The monoisotopic (exact) mass is 327 g/mol. The van der Waals surface area contributed by atoms with Crippen molar-refractivity contribution in [2.45, 2.75) is 58.7 Å². The fourth-order valence-electron chi connectivity index (χ4n) is 3.23. The molecule has 2 aromatic rings. The Balaban J connectivity index is 1.56. The predicted octanol–water partition coefficient (Wildman–Crippen LogP) is 2.87. The number of aromatic nitrogens is 3. The van der Waals surface area contributed by atoms with Crippen LogP contribution in [0.5, 0.6) is 0 Å². The summed E-state index contributed by atoms with van der Waals surface area (Å²) in [6.07, 6.45) is 4.52. The van der Waals surface area contributed by atoms with E-state index < -0.39 is 0 Å². The van der Waals surface area contributed by atoms with Crippen molar-refractivity contribution >= 4 is 6.03 Å². The Labute approximate surface area is 142 Å². The van der Waals surface area contributed by atoms with Crippen LogP contribution < -0.4 is 10.6 Å². The van der Waals surface area contributed by atoms with E-state index in [0.29, 0.717) is 6.54 Å². The molecule has 6 nitrogen and oxygen atoms in total. The molecule has 2 N–H and O–H groups in total. The molecule has 128 valence electrons. The first-order valence-corrected chi connectivity index (χ1v) is 8.66. The summed E-state index contributed by atoms with van der Waals surface area (Å²) in [4.78, 5) is 12.2. The molecule has 0 radical (unpaired) electrons. The highest BCUT2D eigenvalue weighted by molar-refractivity contribution is 5.74. The van der Waals surface area contributed by atoms with Crippen LogP contribution in [0.1, 0.15) is 55.0 Å². The van der Waals surface area contributed by atoms with Crippen molar-refractivity contribution in [2.75, 3.05) is 0 Å². The molecule has 1 aliphatic heterocycles. The van der Waals surface area contributed by atoms with Gasteiger partial charge in [-0.1, -0.05) is 30.7 Å². The molecule has 1 unspecified atom stereocenters. The topological polar surface area (TPSA) is 71.8 Å². The average molecular weight is 327 g/mol. The zero-order valence-electron chi connectivity index (χ0n) is 14.4. The maximum absolute atomic E-state index is 12.2. The standard InChI is InChI=1S/C18H25N5O/c1-13-8-5-6-9-15(13)14(2)20-18(24)19-12-17-22-21-16-10-4-3-7-11-23(16)17/h5-6,8-9,14H,3-4,7,10-12H2,1-2H3,(H2,19,20,24). The molecule has 0 fully saturated rings. The van der Waals surface area contributed by atoms with E-state index >= 15 is 0 Å². The lowest BCUT2D eigenvalue weighted by Crippen LogP contribution is -2.37. The van der Waals surface area contributed by atoms with Crippen LogP contribution in [0.3, 0.4) is 0 Å². The van der Waals surface area contributed by atoms with Crippen molar-refractivity contribution in [3.05, 3.63) is 47.0 Å². The molecular weight excluding hydrogens is 302 g/mol. The molecule has 2 amide bonds. The predicted molar refractivity (Wildman–Crippen MR) is 92.5 cm³/mol. The lowest BCUT2D eigenvalue weighted by Gasteiger charge is -2.17. The molecule has 0 bridgehead atoms. The van der Waals surface area contributed by atoms with Gasteiger partial charge in [-0.05, 0) is 37.8 Å². The van der Waals surface area contributed by atoms with E-state index in [-0.39, 0.29) is 12.1 Å². The maximum Gasteiger partial charge on any atom is 0.315 e. The number of nitrogens with one attached hydrogen (secondary N) is 2. The number of rotatable bonds is 4. The summed E-state index contributed by atoms with van der Waals surface area (Å²) in [6, 6.07) is 7.86. The van der Waals surface area contributed by atoms with Crippen LogP contribution in [0.15, 0.2) is 24.3 Å². The van der Waals surface area contributed by atoms with Crippen LogP contribution in [0.4, 0.5) is 4.79 Å². The second-order valence-corrected chi connectivity index (χ2v) is 6.40. The first kappa shape index (κ1) is 16.5.